The largest absolute Gasteiger partial charge is 0.302 e. The van der Waals surface area contributed by atoms with Crippen molar-refractivity contribution in [3.8, 4) is 0 Å². The Morgan fingerprint density at radius 2 is 2.25 bits per heavy atom. The summed E-state index contributed by atoms with van der Waals surface area (Å²) in [6.45, 7) is 5.90. The molecule has 0 N–H and O–H groups in total. The maximum Gasteiger partial charge on any atom is 0.0116 e. The van der Waals surface area contributed by atoms with Gasteiger partial charge in [-0.3, -0.25) is 0 Å². The van der Waals surface area contributed by atoms with E-state index < -0.39 is 0 Å². The first-order valence-electron chi connectivity index (χ1n) is 3.19. The van der Waals surface area contributed by atoms with Crippen LogP contribution < -0.4 is 0 Å². The number of nitrogens with zero attached hydrogens (tertiary/aromatic N) is 1. The van der Waals surface area contributed by atoms with Gasteiger partial charge in [0.05, 0.1) is 0 Å². The molecule has 0 saturated carbocycles. The molecule has 1 fully saturated rings. The zero-order chi connectivity index (χ0) is 5.98. The molecule has 0 aliphatic carbocycles. The SMILES string of the molecule is CC(S)CN1CCC1. The number of rotatable bonds is 2. The summed E-state index contributed by atoms with van der Waals surface area (Å²) in [5, 5.41) is 0.551. The lowest BCUT2D eigenvalue weighted by molar-refractivity contribution is 0.185. The standard InChI is InChI=1S/C6H13NS/c1-6(8)5-7-3-2-4-7/h6,8H,2-5H2,1H3. The first-order valence-corrected chi connectivity index (χ1v) is 3.71. The molecule has 0 aromatic carbocycles. The average Bonchev–Trinajstić information content (AvgIpc) is 1.55. The molecule has 1 saturated heterocycles. The van der Waals surface area contributed by atoms with Crippen molar-refractivity contribution >= 4 is 12.6 Å². The van der Waals surface area contributed by atoms with Gasteiger partial charge in [0.25, 0.3) is 0 Å². The highest BCUT2D eigenvalue weighted by Gasteiger charge is 2.13. The van der Waals surface area contributed by atoms with Crippen molar-refractivity contribution in [3.05, 3.63) is 0 Å². The van der Waals surface area contributed by atoms with E-state index in [0.717, 1.165) is 0 Å². The summed E-state index contributed by atoms with van der Waals surface area (Å²) in [4.78, 5) is 2.43. The van der Waals surface area contributed by atoms with Gasteiger partial charge >= 0.3 is 0 Å². The Morgan fingerprint density at radius 3 is 2.38 bits per heavy atom. The minimum Gasteiger partial charge on any atom is -0.302 e. The number of thiol groups is 1. The molecule has 1 aliphatic heterocycles. The van der Waals surface area contributed by atoms with Crippen molar-refractivity contribution in [1.82, 2.24) is 4.90 Å². The second-order valence-electron chi connectivity index (χ2n) is 2.50. The van der Waals surface area contributed by atoms with Crippen molar-refractivity contribution in [2.45, 2.75) is 18.6 Å². The lowest BCUT2D eigenvalue weighted by atomic mass is 10.2. The molecule has 1 atom stereocenters. The highest BCUT2D eigenvalue weighted by molar-refractivity contribution is 7.80. The molecule has 1 aliphatic rings. The van der Waals surface area contributed by atoms with Crippen LogP contribution in [-0.4, -0.2) is 29.8 Å². The van der Waals surface area contributed by atoms with Crippen molar-refractivity contribution in [1.29, 1.82) is 0 Å². The summed E-state index contributed by atoms with van der Waals surface area (Å²) in [6.07, 6.45) is 1.39. The van der Waals surface area contributed by atoms with E-state index >= 15 is 0 Å². The zero-order valence-electron chi connectivity index (χ0n) is 5.30. The molecule has 8 heavy (non-hydrogen) atoms. The van der Waals surface area contributed by atoms with E-state index in [2.05, 4.69) is 24.5 Å². The van der Waals surface area contributed by atoms with Crippen molar-refractivity contribution in [3.63, 3.8) is 0 Å². The minimum atomic E-state index is 0.551. The maximum atomic E-state index is 4.28. The molecule has 0 radical (unpaired) electrons. The smallest absolute Gasteiger partial charge is 0.0116 e. The van der Waals surface area contributed by atoms with Crippen LogP contribution in [0.5, 0.6) is 0 Å². The fraction of sp³-hybridized carbons (Fsp3) is 1.00. The Bertz CT molecular complexity index is 68.9. The third-order valence-electron chi connectivity index (χ3n) is 1.47. The lowest BCUT2D eigenvalue weighted by Gasteiger charge is -2.31. The Morgan fingerprint density at radius 1 is 1.62 bits per heavy atom. The van der Waals surface area contributed by atoms with E-state index in [1.54, 1.807) is 0 Å². The first kappa shape index (κ1) is 6.43. The minimum absolute atomic E-state index is 0.551. The monoisotopic (exact) mass is 131 g/mol. The van der Waals surface area contributed by atoms with Crippen LogP contribution in [0.1, 0.15) is 13.3 Å². The van der Waals surface area contributed by atoms with Crippen molar-refractivity contribution in [2.75, 3.05) is 19.6 Å². The molecular formula is C6H13NS. The quantitative estimate of drug-likeness (QED) is 0.547. The second-order valence-corrected chi connectivity index (χ2v) is 3.38. The highest BCUT2D eigenvalue weighted by atomic mass is 32.1. The van der Waals surface area contributed by atoms with Gasteiger partial charge in [-0.25, -0.2) is 0 Å². The summed E-state index contributed by atoms with van der Waals surface area (Å²) in [5.74, 6) is 0. The maximum absolute atomic E-state index is 4.28. The van der Waals surface area contributed by atoms with Crippen LogP contribution in [0, 0.1) is 0 Å². The molecule has 1 heterocycles. The molecular weight excluding hydrogens is 118 g/mol. The molecule has 0 aromatic rings. The van der Waals surface area contributed by atoms with Crippen molar-refractivity contribution in [2.24, 2.45) is 0 Å². The van der Waals surface area contributed by atoms with E-state index in [1.807, 2.05) is 0 Å². The van der Waals surface area contributed by atoms with Gasteiger partial charge in [-0.05, 0) is 19.5 Å². The normalized spacial score (nSPS) is 24.8. The van der Waals surface area contributed by atoms with Gasteiger partial charge in [0.1, 0.15) is 0 Å². The average molecular weight is 131 g/mol. The predicted octanol–water partition coefficient (Wildman–Crippen LogP) is 1.01. The van der Waals surface area contributed by atoms with Crippen LogP contribution in [0.25, 0.3) is 0 Å². The molecule has 0 bridgehead atoms. The van der Waals surface area contributed by atoms with E-state index in [-0.39, 0.29) is 0 Å². The van der Waals surface area contributed by atoms with Crippen LogP contribution in [0.3, 0.4) is 0 Å². The van der Waals surface area contributed by atoms with Crippen LogP contribution >= 0.6 is 12.6 Å². The summed E-state index contributed by atoms with van der Waals surface area (Å²) >= 11 is 4.28. The molecule has 0 aromatic heterocycles. The number of hydrogen-bond acceptors (Lipinski definition) is 2. The van der Waals surface area contributed by atoms with E-state index in [0.29, 0.717) is 5.25 Å². The Labute approximate surface area is 56.5 Å². The van der Waals surface area contributed by atoms with Gasteiger partial charge < -0.3 is 4.90 Å². The van der Waals surface area contributed by atoms with Crippen LogP contribution in [0.15, 0.2) is 0 Å². The molecule has 1 rings (SSSR count). The lowest BCUT2D eigenvalue weighted by Crippen LogP contribution is -2.40. The summed E-state index contributed by atoms with van der Waals surface area (Å²) in [5.41, 5.74) is 0. The molecule has 48 valence electrons. The van der Waals surface area contributed by atoms with Crippen molar-refractivity contribution < 1.29 is 0 Å². The molecule has 1 unspecified atom stereocenters. The summed E-state index contributed by atoms with van der Waals surface area (Å²) in [6, 6.07) is 0. The zero-order valence-corrected chi connectivity index (χ0v) is 6.19. The predicted molar refractivity (Wildman–Crippen MR) is 39.5 cm³/mol. The van der Waals surface area contributed by atoms with Gasteiger partial charge in [0.2, 0.25) is 0 Å². The Kier molecular flexibility index (Phi) is 2.20. The second kappa shape index (κ2) is 2.74. The van der Waals surface area contributed by atoms with E-state index in [9.17, 15) is 0 Å². The molecule has 0 spiro atoms. The fourth-order valence-electron chi connectivity index (χ4n) is 0.938. The van der Waals surface area contributed by atoms with Crippen LogP contribution in [-0.2, 0) is 0 Å². The van der Waals surface area contributed by atoms with Gasteiger partial charge in [0, 0.05) is 11.8 Å². The number of likely N-dealkylation sites (tertiary alicyclic amines) is 1. The van der Waals surface area contributed by atoms with Gasteiger partial charge in [-0.15, -0.1) is 0 Å². The topological polar surface area (TPSA) is 3.24 Å². The first-order chi connectivity index (χ1) is 3.79. The van der Waals surface area contributed by atoms with E-state index in [4.69, 9.17) is 0 Å². The third kappa shape index (κ3) is 1.67. The molecule has 2 heteroatoms. The van der Waals surface area contributed by atoms with E-state index in [1.165, 1.54) is 26.1 Å². The number of hydrogen-bond donors (Lipinski definition) is 1. The van der Waals surface area contributed by atoms with Crippen LogP contribution in [0.4, 0.5) is 0 Å². The molecule has 1 nitrogen and oxygen atoms in total. The molecule has 0 amide bonds. The Balaban J connectivity index is 2.01. The third-order valence-corrected chi connectivity index (χ3v) is 1.63. The highest BCUT2D eigenvalue weighted by Crippen LogP contribution is 2.07. The van der Waals surface area contributed by atoms with Gasteiger partial charge in [-0.2, -0.15) is 12.6 Å². The fourth-order valence-corrected chi connectivity index (χ4v) is 1.17. The Hall–Kier alpha value is 0.310. The summed E-state index contributed by atoms with van der Waals surface area (Å²) in [7, 11) is 0. The summed E-state index contributed by atoms with van der Waals surface area (Å²) < 4.78 is 0. The van der Waals surface area contributed by atoms with Gasteiger partial charge in [-0.1, -0.05) is 6.92 Å². The van der Waals surface area contributed by atoms with Crippen LogP contribution in [0.2, 0.25) is 0 Å². The van der Waals surface area contributed by atoms with Gasteiger partial charge in [0.15, 0.2) is 0 Å².